The lowest BCUT2D eigenvalue weighted by Gasteiger charge is -2.22. The SMILES string of the molecule is CNC(C#N)CCN1CCCC(C(C)C)CC1. The quantitative estimate of drug-likeness (QED) is 0.797. The molecular weight excluding hydrogens is 210 g/mol. The lowest BCUT2D eigenvalue weighted by atomic mass is 9.89. The van der Waals surface area contributed by atoms with Gasteiger partial charge in [-0.2, -0.15) is 5.26 Å². The molecule has 1 fully saturated rings. The molecule has 0 bridgehead atoms. The average Bonchev–Trinajstić information content (AvgIpc) is 2.56. The Balaban J connectivity index is 2.29. The summed E-state index contributed by atoms with van der Waals surface area (Å²) in [4.78, 5) is 2.53. The number of nitrogens with one attached hydrogen (secondary N) is 1. The maximum Gasteiger partial charge on any atom is 0.0962 e. The van der Waals surface area contributed by atoms with Crippen LogP contribution in [-0.4, -0.2) is 37.6 Å². The number of likely N-dealkylation sites (tertiary alicyclic amines) is 1. The van der Waals surface area contributed by atoms with Crippen molar-refractivity contribution >= 4 is 0 Å². The summed E-state index contributed by atoms with van der Waals surface area (Å²) in [7, 11) is 1.87. The van der Waals surface area contributed by atoms with Gasteiger partial charge in [-0.05, 0) is 57.7 Å². The van der Waals surface area contributed by atoms with Crippen LogP contribution in [0.5, 0.6) is 0 Å². The Morgan fingerprint density at radius 2 is 2.12 bits per heavy atom. The topological polar surface area (TPSA) is 39.1 Å². The van der Waals surface area contributed by atoms with E-state index in [-0.39, 0.29) is 6.04 Å². The summed E-state index contributed by atoms with van der Waals surface area (Å²) >= 11 is 0. The Kier molecular flexibility index (Phi) is 6.54. The third-order valence-electron chi connectivity index (χ3n) is 4.05. The number of rotatable bonds is 5. The molecule has 0 amide bonds. The fourth-order valence-corrected chi connectivity index (χ4v) is 2.66. The molecular formula is C14H27N3. The van der Waals surface area contributed by atoms with Gasteiger partial charge in [0.2, 0.25) is 0 Å². The highest BCUT2D eigenvalue weighted by Gasteiger charge is 2.19. The van der Waals surface area contributed by atoms with Crippen LogP contribution in [0.3, 0.4) is 0 Å². The summed E-state index contributed by atoms with van der Waals surface area (Å²) in [5, 5.41) is 11.9. The zero-order valence-electron chi connectivity index (χ0n) is 11.6. The molecule has 3 nitrogen and oxygen atoms in total. The van der Waals surface area contributed by atoms with E-state index >= 15 is 0 Å². The molecule has 0 radical (unpaired) electrons. The third-order valence-corrected chi connectivity index (χ3v) is 4.05. The van der Waals surface area contributed by atoms with Crippen LogP contribution in [-0.2, 0) is 0 Å². The van der Waals surface area contributed by atoms with Crippen molar-refractivity contribution in [2.24, 2.45) is 11.8 Å². The summed E-state index contributed by atoms with van der Waals surface area (Å²) in [5.74, 6) is 1.72. The summed E-state index contributed by atoms with van der Waals surface area (Å²) in [6, 6.07) is 2.31. The van der Waals surface area contributed by atoms with Crippen LogP contribution in [0.1, 0.15) is 39.5 Å². The number of nitrogens with zero attached hydrogens (tertiary/aromatic N) is 2. The highest BCUT2D eigenvalue weighted by Crippen LogP contribution is 2.24. The van der Waals surface area contributed by atoms with Gasteiger partial charge in [0.1, 0.15) is 0 Å². The predicted molar refractivity (Wildman–Crippen MR) is 71.7 cm³/mol. The average molecular weight is 237 g/mol. The highest BCUT2D eigenvalue weighted by atomic mass is 15.1. The third kappa shape index (κ3) is 5.06. The van der Waals surface area contributed by atoms with Crippen LogP contribution in [0.4, 0.5) is 0 Å². The van der Waals surface area contributed by atoms with E-state index < -0.39 is 0 Å². The lowest BCUT2D eigenvalue weighted by molar-refractivity contribution is 0.264. The van der Waals surface area contributed by atoms with Crippen molar-refractivity contribution in [2.75, 3.05) is 26.7 Å². The predicted octanol–water partition coefficient (Wildman–Crippen LogP) is 2.25. The van der Waals surface area contributed by atoms with Crippen molar-refractivity contribution in [3.05, 3.63) is 0 Å². The van der Waals surface area contributed by atoms with E-state index in [0.717, 1.165) is 24.8 Å². The molecule has 0 aromatic carbocycles. The molecule has 1 heterocycles. The second-order valence-electron chi connectivity index (χ2n) is 5.54. The van der Waals surface area contributed by atoms with Crippen molar-refractivity contribution in [2.45, 2.75) is 45.6 Å². The Morgan fingerprint density at radius 3 is 2.71 bits per heavy atom. The first-order valence-electron chi connectivity index (χ1n) is 6.96. The van der Waals surface area contributed by atoms with Crippen LogP contribution in [0.2, 0.25) is 0 Å². The Labute approximate surface area is 106 Å². The van der Waals surface area contributed by atoms with E-state index in [1.165, 1.54) is 32.4 Å². The van der Waals surface area contributed by atoms with Gasteiger partial charge >= 0.3 is 0 Å². The molecule has 2 unspecified atom stereocenters. The van der Waals surface area contributed by atoms with Gasteiger partial charge in [-0.15, -0.1) is 0 Å². The molecule has 1 aliphatic heterocycles. The maximum atomic E-state index is 8.89. The van der Waals surface area contributed by atoms with Gasteiger partial charge in [0, 0.05) is 6.54 Å². The number of nitriles is 1. The maximum absolute atomic E-state index is 8.89. The molecule has 98 valence electrons. The van der Waals surface area contributed by atoms with Crippen LogP contribution in [0.15, 0.2) is 0 Å². The second kappa shape index (κ2) is 7.68. The van der Waals surface area contributed by atoms with E-state index in [4.69, 9.17) is 5.26 Å². The molecule has 1 N–H and O–H groups in total. The van der Waals surface area contributed by atoms with Crippen LogP contribution in [0, 0.1) is 23.2 Å². The Bertz CT molecular complexity index is 244. The molecule has 0 saturated carbocycles. The summed E-state index contributed by atoms with van der Waals surface area (Å²) < 4.78 is 0. The minimum atomic E-state index is 0.0131. The Morgan fingerprint density at radius 1 is 1.35 bits per heavy atom. The molecule has 0 spiro atoms. The molecule has 0 aliphatic carbocycles. The molecule has 3 heteroatoms. The smallest absolute Gasteiger partial charge is 0.0962 e. The van der Waals surface area contributed by atoms with Gasteiger partial charge < -0.3 is 10.2 Å². The van der Waals surface area contributed by atoms with E-state index in [1.54, 1.807) is 0 Å². The standard InChI is InChI=1S/C14H27N3/c1-12(2)13-5-4-8-17(9-6-13)10-7-14(11-15)16-3/h12-14,16H,4-10H2,1-3H3. The van der Waals surface area contributed by atoms with E-state index in [2.05, 4.69) is 30.1 Å². The van der Waals surface area contributed by atoms with Crippen LogP contribution >= 0.6 is 0 Å². The zero-order chi connectivity index (χ0) is 12.7. The summed E-state index contributed by atoms with van der Waals surface area (Å²) in [6.07, 6.45) is 4.97. The van der Waals surface area contributed by atoms with Gasteiger partial charge in [0.05, 0.1) is 12.1 Å². The van der Waals surface area contributed by atoms with Crippen LogP contribution < -0.4 is 5.32 Å². The number of hydrogen-bond acceptors (Lipinski definition) is 3. The summed E-state index contributed by atoms with van der Waals surface area (Å²) in [5.41, 5.74) is 0. The van der Waals surface area contributed by atoms with Gasteiger partial charge in [-0.25, -0.2) is 0 Å². The molecule has 0 aromatic heterocycles. The monoisotopic (exact) mass is 237 g/mol. The molecule has 17 heavy (non-hydrogen) atoms. The first kappa shape index (κ1) is 14.5. The second-order valence-corrected chi connectivity index (χ2v) is 5.54. The van der Waals surface area contributed by atoms with Gasteiger partial charge in [0.25, 0.3) is 0 Å². The molecule has 0 aromatic rings. The first-order chi connectivity index (χ1) is 8.17. The van der Waals surface area contributed by atoms with E-state index in [9.17, 15) is 0 Å². The van der Waals surface area contributed by atoms with Gasteiger partial charge in [-0.3, -0.25) is 0 Å². The fourth-order valence-electron chi connectivity index (χ4n) is 2.66. The van der Waals surface area contributed by atoms with E-state index in [1.807, 2.05) is 7.05 Å². The largest absolute Gasteiger partial charge is 0.305 e. The van der Waals surface area contributed by atoms with Crippen molar-refractivity contribution in [1.29, 1.82) is 5.26 Å². The van der Waals surface area contributed by atoms with Crippen molar-refractivity contribution in [3.63, 3.8) is 0 Å². The molecule has 1 rings (SSSR count). The lowest BCUT2D eigenvalue weighted by Crippen LogP contribution is -2.32. The van der Waals surface area contributed by atoms with Crippen molar-refractivity contribution < 1.29 is 0 Å². The summed E-state index contributed by atoms with van der Waals surface area (Å²) in [6.45, 7) is 8.17. The highest BCUT2D eigenvalue weighted by molar-refractivity contribution is 4.89. The van der Waals surface area contributed by atoms with Gasteiger partial charge in [0.15, 0.2) is 0 Å². The van der Waals surface area contributed by atoms with Crippen LogP contribution in [0.25, 0.3) is 0 Å². The van der Waals surface area contributed by atoms with Crippen molar-refractivity contribution in [1.82, 2.24) is 10.2 Å². The van der Waals surface area contributed by atoms with Crippen molar-refractivity contribution in [3.8, 4) is 6.07 Å². The fraction of sp³-hybridized carbons (Fsp3) is 0.929. The molecule has 2 atom stereocenters. The molecule has 1 saturated heterocycles. The van der Waals surface area contributed by atoms with E-state index in [0.29, 0.717) is 0 Å². The van der Waals surface area contributed by atoms with Gasteiger partial charge in [-0.1, -0.05) is 13.8 Å². The minimum Gasteiger partial charge on any atom is -0.305 e. The first-order valence-corrected chi connectivity index (χ1v) is 6.96. The normalized spacial score (nSPS) is 24.3. The number of hydrogen-bond donors (Lipinski definition) is 1. The minimum absolute atomic E-state index is 0.0131. The molecule has 1 aliphatic rings. The zero-order valence-corrected chi connectivity index (χ0v) is 11.6. The Hall–Kier alpha value is -0.590.